The highest BCUT2D eigenvalue weighted by Crippen LogP contribution is 2.05. The van der Waals surface area contributed by atoms with Gasteiger partial charge in [0.05, 0.1) is 10.6 Å². The van der Waals surface area contributed by atoms with Crippen molar-refractivity contribution in [2.75, 3.05) is 19.4 Å². The predicted octanol–water partition coefficient (Wildman–Crippen LogP) is -0.383. The van der Waals surface area contributed by atoms with E-state index in [1.54, 1.807) is 13.8 Å². The molecule has 0 amide bonds. The highest BCUT2D eigenvalue weighted by atomic mass is 32.2. The number of hydrogen-bond acceptors (Lipinski definition) is 4. The van der Waals surface area contributed by atoms with Gasteiger partial charge >= 0.3 is 0 Å². The van der Waals surface area contributed by atoms with Crippen LogP contribution >= 0.6 is 12.2 Å². The van der Waals surface area contributed by atoms with Crippen molar-refractivity contribution in [3.8, 4) is 0 Å². The van der Waals surface area contributed by atoms with Gasteiger partial charge in [-0.15, -0.1) is 0 Å². The Morgan fingerprint density at radius 2 is 2.07 bits per heavy atom. The molecule has 0 aliphatic heterocycles. The van der Waals surface area contributed by atoms with E-state index < -0.39 is 15.6 Å². The molecule has 0 aromatic rings. The number of thiocarbonyl (C=S) groups is 1. The van der Waals surface area contributed by atoms with Crippen LogP contribution in [0.25, 0.3) is 0 Å². The van der Waals surface area contributed by atoms with Gasteiger partial charge in [0.15, 0.2) is 0 Å². The maximum atomic E-state index is 11.3. The first-order chi connectivity index (χ1) is 6.18. The van der Waals surface area contributed by atoms with Gasteiger partial charge in [0.2, 0.25) is 10.0 Å². The van der Waals surface area contributed by atoms with Gasteiger partial charge in [0.25, 0.3) is 0 Å². The molecule has 84 valence electrons. The van der Waals surface area contributed by atoms with Crippen molar-refractivity contribution in [3.63, 3.8) is 0 Å². The fraction of sp³-hybridized carbons (Fsp3) is 0.857. The van der Waals surface area contributed by atoms with E-state index in [1.807, 2.05) is 0 Å². The molecule has 0 atom stereocenters. The molecule has 0 radical (unpaired) electrons. The SMILES string of the molecule is COC(C)(C)CNS(=O)(=O)CC(N)=S. The monoisotopic (exact) mass is 240 g/mol. The minimum Gasteiger partial charge on any atom is -0.392 e. The van der Waals surface area contributed by atoms with Gasteiger partial charge in [-0.1, -0.05) is 12.2 Å². The first-order valence-corrected chi connectivity index (χ1v) is 6.05. The highest BCUT2D eigenvalue weighted by molar-refractivity contribution is 7.92. The summed E-state index contributed by atoms with van der Waals surface area (Å²) in [6.45, 7) is 3.74. The van der Waals surface area contributed by atoms with Crippen LogP contribution in [0.2, 0.25) is 0 Å². The summed E-state index contributed by atoms with van der Waals surface area (Å²) in [6, 6.07) is 0. The summed E-state index contributed by atoms with van der Waals surface area (Å²) in [6.07, 6.45) is 0. The number of hydrogen-bond donors (Lipinski definition) is 2. The summed E-state index contributed by atoms with van der Waals surface area (Å²) in [5.74, 6) is -0.331. The second kappa shape index (κ2) is 5.01. The van der Waals surface area contributed by atoms with Gasteiger partial charge in [0, 0.05) is 13.7 Å². The van der Waals surface area contributed by atoms with E-state index in [1.165, 1.54) is 7.11 Å². The van der Waals surface area contributed by atoms with Gasteiger partial charge in [-0.2, -0.15) is 0 Å². The van der Waals surface area contributed by atoms with Gasteiger partial charge < -0.3 is 10.5 Å². The number of sulfonamides is 1. The summed E-state index contributed by atoms with van der Waals surface area (Å²) in [7, 11) is -1.90. The minimum absolute atomic E-state index is 0.0484. The third kappa shape index (κ3) is 6.25. The van der Waals surface area contributed by atoms with Crippen molar-refractivity contribution in [1.82, 2.24) is 4.72 Å². The summed E-state index contributed by atoms with van der Waals surface area (Å²) < 4.78 is 29.9. The standard InChI is InChI=1S/C7H16N2O3S2/c1-7(2,12-3)5-9-14(10,11)4-6(8)13/h9H,4-5H2,1-3H3,(H2,8,13). The molecule has 0 fully saturated rings. The summed E-state index contributed by atoms with van der Waals surface area (Å²) >= 11 is 4.51. The molecule has 5 nitrogen and oxygen atoms in total. The second-order valence-electron chi connectivity index (χ2n) is 3.51. The van der Waals surface area contributed by atoms with Crippen LogP contribution in [0, 0.1) is 0 Å². The van der Waals surface area contributed by atoms with E-state index in [0.29, 0.717) is 0 Å². The van der Waals surface area contributed by atoms with Crippen LogP contribution in [-0.4, -0.2) is 38.4 Å². The molecule has 0 heterocycles. The zero-order valence-electron chi connectivity index (χ0n) is 8.53. The van der Waals surface area contributed by atoms with Crippen LogP contribution in [0.1, 0.15) is 13.8 Å². The van der Waals surface area contributed by atoms with Crippen LogP contribution in [-0.2, 0) is 14.8 Å². The lowest BCUT2D eigenvalue weighted by Gasteiger charge is -2.22. The molecule has 0 bridgehead atoms. The molecule has 0 aliphatic carbocycles. The van der Waals surface area contributed by atoms with Crippen molar-refractivity contribution in [3.05, 3.63) is 0 Å². The van der Waals surface area contributed by atoms with E-state index >= 15 is 0 Å². The maximum absolute atomic E-state index is 11.3. The van der Waals surface area contributed by atoms with Crippen LogP contribution in [0.4, 0.5) is 0 Å². The van der Waals surface area contributed by atoms with Crippen molar-refractivity contribution in [2.45, 2.75) is 19.4 Å². The Morgan fingerprint density at radius 3 is 2.43 bits per heavy atom. The minimum atomic E-state index is -3.42. The van der Waals surface area contributed by atoms with Crippen molar-refractivity contribution >= 4 is 27.2 Å². The van der Waals surface area contributed by atoms with Gasteiger partial charge in [-0.25, -0.2) is 13.1 Å². The summed E-state index contributed by atoms with van der Waals surface area (Å²) in [5, 5.41) is 0. The van der Waals surface area contributed by atoms with Gasteiger partial charge in [0.1, 0.15) is 5.75 Å². The number of nitrogens with two attached hydrogens (primary N) is 1. The van der Waals surface area contributed by atoms with Crippen molar-refractivity contribution < 1.29 is 13.2 Å². The first-order valence-electron chi connectivity index (χ1n) is 3.99. The molecular weight excluding hydrogens is 224 g/mol. The molecule has 0 unspecified atom stereocenters. The molecule has 0 aromatic carbocycles. The Bertz CT molecular complexity index is 298. The Morgan fingerprint density at radius 1 is 1.57 bits per heavy atom. The molecule has 0 saturated carbocycles. The normalized spacial score (nSPS) is 12.8. The maximum Gasteiger partial charge on any atom is 0.218 e. The van der Waals surface area contributed by atoms with Gasteiger partial charge in [-0.05, 0) is 13.8 Å². The lowest BCUT2D eigenvalue weighted by Crippen LogP contribution is -2.42. The molecule has 0 rings (SSSR count). The Kier molecular flexibility index (Phi) is 4.93. The molecule has 0 aromatic heterocycles. The number of methoxy groups -OCH3 is 1. The molecule has 0 spiro atoms. The predicted molar refractivity (Wildman–Crippen MR) is 59.7 cm³/mol. The van der Waals surface area contributed by atoms with E-state index in [0.717, 1.165) is 0 Å². The van der Waals surface area contributed by atoms with Crippen molar-refractivity contribution in [2.24, 2.45) is 5.73 Å². The largest absolute Gasteiger partial charge is 0.392 e. The average molecular weight is 240 g/mol. The molecule has 0 saturated heterocycles. The van der Waals surface area contributed by atoms with Crippen LogP contribution in [0.3, 0.4) is 0 Å². The molecule has 0 aliphatic rings. The zero-order valence-corrected chi connectivity index (χ0v) is 10.2. The summed E-state index contributed by atoms with van der Waals surface area (Å²) in [5.41, 5.74) is 4.59. The Balaban J connectivity index is 4.20. The smallest absolute Gasteiger partial charge is 0.218 e. The highest BCUT2D eigenvalue weighted by Gasteiger charge is 2.20. The fourth-order valence-corrected chi connectivity index (χ4v) is 2.10. The quantitative estimate of drug-likeness (QED) is 0.618. The molecular formula is C7H16N2O3S2. The summed E-state index contributed by atoms with van der Waals surface area (Å²) in [4.78, 5) is -0.0484. The van der Waals surface area contributed by atoms with E-state index in [-0.39, 0.29) is 17.3 Å². The van der Waals surface area contributed by atoms with Gasteiger partial charge in [-0.3, -0.25) is 0 Å². The first kappa shape index (κ1) is 13.8. The third-order valence-corrected chi connectivity index (χ3v) is 3.20. The van der Waals surface area contributed by atoms with Crippen LogP contribution in [0.5, 0.6) is 0 Å². The van der Waals surface area contributed by atoms with E-state index in [4.69, 9.17) is 10.5 Å². The van der Waals surface area contributed by atoms with Crippen LogP contribution < -0.4 is 10.5 Å². The van der Waals surface area contributed by atoms with E-state index in [2.05, 4.69) is 16.9 Å². The number of rotatable bonds is 6. The van der Waals surface area contributed by atoms with Crippen molar-refractivity contribution in [1.29, 1.82) is 0 Å². The lowest BCUT2D eigenvalue weighted by atomic mass is 10.1. The topological polar surface area (TPSA) is 81.4 Å². The zero-order chi connectivity index (χ0) is 11.4. The van der Waals surface area contributed by atoms with E-state index in [9.17, 15) is 8.42 Å². The second-order valence-corrected chi connectivity index (χ2v) is 5.84. The number of ether oxygens (including phenoxy) is 1. The third-order valence-electron chi connectivity index (χ3n) is 1.60. The molecule has 7 heteroatoms. The number of nitrogens with one attached hydrogen (secondary N) is 1. The van der Waals surface area contributed by atoms with Crippen LogP contribution in [0.15, 0.2) is 0 Å². The Hall–Kier alpha value is -0.240. The molecule has 3 N–H and O–H groups in total. The lowest BCUT2D eigenvalue weighted by molar-refractivity contribution is 0.0276. The molecule has 14 heavy (non-hydrogen) atoms. The fourth-order valence-electron chi connectivity index (χ4n) is 0.594. The average Bonchev–Trinajstić information content (AvgIpc) is 1.99. The Labute approximate surface area is 90.1 Å².